The molecule has 6 nitrogen and oxygen atoms in total. The first kappa shape index (κ1) is 25.8. The Bertz CT molecular complexity index is 1150. The Hall–Kier alpha value is -3.86. The first-order valence-electron chi connectivity index (χ1n) is 12.0. The first-order valence-corrected chi connectivity index (χ1v) is 12.0. The molecule has 0 atom stereocenters. The lowest BCUT2D eigenvalue weighted by atomic mass is 9.88. The van der Waals surface area contributed by atoms with Crippen molar-refractivity contribution in [3.05, 3.63) is 94.8 Å². The minimum atomic E-state index is -0.381. The molecular formula is C29H32N2O4. The number of phenolic OH excluding ortho intramolecular Hbond substituents is 1. The number of benzene rings is 2. The molecule has 1 aliphatic carbocycles. The van der Waals surface area contributed by atoms with E-state index in [1.54, 1.807) is 17.6 Å². The molecule has 35 heavy (non-hydrogen) atoms. The summed E-state index contributed by atoms with van der Waals surface area (Å²) in [6.45, 7) is 2.12. The molecule has 2 aromatic rings. The summed E-state index contributed by atoms with van der Waals surface area (Å²) >= 11 is 0. The summed E-state index contributed by atoms with van der Waals surface area (Å²) in [5.41, 5.74) is 11.0. The number of aromatic hydroxyl groups is 1. The average Bonchev–Trinajstić information content (AvgIpc) is 3.40. The summed E-state index contributed by atoms with van der Waals surface area (Å²) in [7, 11) is 0. The number of rotatable bonds is 12. The van der Waals surface area contributed by atoms with Crippen LogP contribution in [-0.2, 0) is 9.59 Å². The van der Waals surface area contributed by atoms with Crippen molar-refractivity contribution in [3.63, 3.8) is 0 Å². The molecule has 2 amide bonds. The lowest BCUT2D eigenvalue weighted by molar-refractivity contribution is -0.129. The second-order valence-corrected chi connectivity index (χ2v) is 8.41. The Kier molecular flexibility index (Phi) is 9.67. The molecule has 0 heterocycles. The minimum absolute atomic E-state index is 0.0409. The maximum atomic E-state index is 12.3. The van der Waals surface area contributed by atoms with Gasteiger partial charge in [0.15, 0.2) is 0 Å². The fraction of sp³-hybridized carbons (Fsp3) is 0.276. The third kappa shape index (κ3) is 7.57. The molecular weight excluding hydrogens is 440 g/mol. The van der Waals surface area contributed by atoms with E-state index in [-0.39, 0.29) is 17.6 Å². The maximum Gasteiger partial charge on any atom is 0.243 e. The van der Waals surface area contributed by atoms with E-state index in [1.807, 2.05) is 48.6 Å². The second kappa shape index (κ2) is 13.1. The summed E-state index contributed by atoms with van der Waals surface area (Å²) < 4.78 is 0. The number of nitrogens with one attached hydrogen (secondary N) is 2. The Labute approximate surface area is 206 Å². The van der Waals surface area contributed by atoms with Crippen LogP contribution in [0.2, 0.25) is 0 Å². The minimum Gasteiger partial charge on any atom is -0.508 e. The second-order valence-electron chi connectivity index (χ2n) is 8.41. The van der Waals surface area contributed by atoms with Crippen molar-refractivity contribution in [2.24, 2.45) is 0 Å². The number of hydrogen-bond acceptors (Lipinski definition) is 4. The maximum absolute atomic E-state index is 12.3. The highest BCUT2D eigenvalue weighted by molar-refractivity contribution is 5.91. The van der Waals surface area contributed by atoms with Gasteiger partial charge >= 0.3 is 0 Å². The zero-order valence-electron chi connectivity index (χ0n) is 20.0. The number of hydrogen-bond donors (Lipinski definition) is 4. The number of unbranched alkanes of at least 4 members (excludes halogenated alkanes) is 3. The van der Waals surface area contributed by atoms with Crippen LogP contribution < -0.4 is 10.8 Å². The topological polar surface area (TPSA) is 98.7 Å². The summed E-state index contributed by atoms with van der Waals surface area (Å²) in [6, 6.07) is 15.0. The molecule has 3 rings (SSSR count). The molecule has 6 heteroatoms. The van der Waals surface area contributed by atoms with Gasteiger partial charge in [-0.1, -0.05) is 50.1 Å². The van der Waals surface area contributed by atoms with Crippen molar-refractivity contribution in [1.82, 2.24) is 5.48 Å². The van der Waals surface area contributed by atoms with Gasteiger partial charge in [0.2, 0.25) is 11.8 Å². The monoisotopic (exact) mass is 472 g/mol. The van der Waals surface area contributed by atoms with E-state index in [0.717, 1.165) is 59.2 Å². The molecule has 0 radical (unpaired) electrons. The van der Waals surface area contributed by atoms with Crippen molar-refractivity contribution in [2.45, 2.75) is 51.9 Å². The number of amides is 2. The largest absolute Gasteiger partial charge is 0.508 e. The molecule has 1 aliphatic rings. The van der Waals surface area contributed by atoms with E-state index in [2.05, 4.69) is 24.0 Å². The highest BCUT2D eigenvalue weighted by Gasteiger charge is 2.15. The molecule has 0 saturated heterocycles. The molecule has 182 valence electrons. The third-order valence-corrected chi connectivity index (χ3v) is 5.87. The third-order valence-electron chi connectivity index (χ3n) is 5.87. The van der Waals surface area contributed by atoms with E-state index in [4.69, 9.17) is 5.21 Å². The normalized spacial score (nSPS) is 12.8. The van der Waals surface area contributed by atoms with Gasteiger partial charge in [0.25, 0.3) is 0 Å². The summed E-state index contributed by atoms with van der Waals surface area (Å²) in [5, 5.41) is 21.2. The van der Waals surface area contributed by atoms with Gasteiger partial charge < -0.3 is 10.4 Å². The van der Waals surface area contributed by atoms with Crippen LogP contribution in [0.3, 0.4) is 0 Å². The lowest BCUT2D eigenvalue weighted by Crippen LogP contribution is -2.17. The van der Waals surface area contributed by atoms with Gasteiger partial charge in [-0.2, -0.15) is 0 Å². The van der Waals surface area contributed by atoms with Gasteiger partial charge in [0.05, 0.1) is 0 Å². The number of hydroxylamine groups is 1. The first-order chi connectivity index (χ1) is 17.0. The van der Waals surface area contributed by atoms with Crippen molar-refractivity contribution in [1.29, 1.82) is 0 Å². The molecule has 0 aromatic heterocycles. The molecule has 0 bridgehead atoms. The van der Waals surface area contributed by atoms with Crippen LogP contribution in [0.25, 0.3) is 5.57 Å². The van der Waals surface area contributed by atoms with Crippen LogP contribution in [0, 0.1) is 0 Å². The average molecular weight is 473 g/mol. The number of carbonyl (C=O) groups excluding carboxylic acids is 2. The zero-order chi connectivity index (χ0) is 25.0. The van der Waals surface area contributed by atoms with E-state index in [0.29, 0.717) is 19.3 Å². The van der Waals surface area contributed by atoms with E-state index in [9.17, 15) is 14.7 Å². The number of anilines is 1. The molecule has 0 spiro atoms. The summed E-state index contributed by atoms with van der Waals surface area (Å²) in [5.74, 6) is -0.200. The Morgan fingerprint density at radius 3 is 2.00 bits per heavy atom. The number of phenols is 1. The van der Waals surface area contributed by atoms with Gasteiger partial charge in [-0.25, -0.2) is 5.48 Å². The van der Waals surface area contributed by atoms with Crippen molar-refractivity contribution < 1.29 is 19.9 Å². The zero-order valence-corrected chi connectivity index (χ0v) is 20.0. The van der Waals surface area contributed by atoms with Crippen LogP contribution in [0.5, 0.6) is 5.75 Å². The standard InChI is InChI=1S/C29H32N2O4/c1-2-26(21-9-7-8-10-21)29(23-15-19-25(32)20-16-23)22-13-17-24(18-14-22)30-27(33)11-5-3-4-6-12-28(34)31-35/h7-9,13-20,32,35H,2-6,11-12H2,1H3,(H,30,33)(H,31,34)/b29-26-. The van der Waals surface area contributed by atoms with Crippen LogP contribution in [0.15, 0.2) is 83.6 Å². The molecule has 0 fully saturated rings. The predicted molar refractivity (Wildman–Crippen MR) is 138 cm³/mol. The van der Waals surface area contributed by atoms with E-state index in [1.165, 1.54) is 0 Å². The number of allylic oxidation sites excluding steroid dienone is 4. The molecule has 0 unspecified atom stereocenters. The lowest BCUT2D eigenvalue weighted by Gasteiger charge is -2.16. The quantitative estimate of drug-likeness (QED) is 0.131. The smallest absolute Gasteiger partial charge is 0.243 e. The van der Waals surface area contributed by atoms with E-state index >= 15 is 0 Å². The highest BCUT2D eigenvalue weighted by Crippen LogP contribution is 2.34. The van der Waals surface area contributed by atoms with Crippen molar-refractivity contribution in [2.75, 3.05) is 5.32 Å². The summed E-state index contributed by atoms with van der Waals surface area (Å²) in [4.78, 5) is 23.3. The molecule has 0 saturated carbocycles. The fourth-order valence-electron chi connectivity index (χ4n) is 4.09. The van der Waals surface area contributed by atoms with Gasteiger partial charge in [-0.3, -0.25) is 14.8 Å². The van der Waals surface area contributed by atoms with Crippen LogP contribution in [-0.4, -0.2) is 22.1 Å². The van der Waals surface area contributed by atoms with Crippen LogP contribution in [0.4, 0.5) is 5.69 Å². The Balaban J connectivity index is 1.67. The van der Waals surface area contributed by atoms with Crippen LogP contribution in [0.1, 0.15) is 63.0 Å². The molecule has 4 N–H and O–H groups in total. The van der Waals surface area contributed by atoms with Crippen molar-refractivity contribution >= 4 is 23.1 Å². The Morgan fingerprint density at radius 2 is 1.46 bits per heavy atom. The molecule has 2 aromatic carbocycles. The van der Waals surface area contributed by atoms with Gasteiger partial charge in [0.1, 0.15) is 5.75 Å². The molecule has 0 aliphatic heterocycles. The fourth-order valence-corrected chi connectivity index (χ4v) is 4.09. The van der Waals surface area contributed by atoms with Gasteiger partial charge in [0, 0.05) is 24.1 Å². The summed E-state index contributed by atoms with van der Waals surface area (Å²) in [6.07, 6.45) is 10.6. The van der Waals surface area contributed by atoms with Gasteiger partial charge in [-0.15, -0.1) is 5.73 Å². The number of carbonyl (C=O) groups is 2. The highest BCUT2D eigenvalue weighted by atomic mass is 16.5. The SMILES string of the molecule is CC/C(C1=C=CC=C1)=C(/c1ccc(O)cc1)c1ccc(NC(=O)CCCCCCC(=O)NO)cc1. The van der Waals surface area contributed by atoms with E-state index < -0.39 is 0 Å². The van der Waals surface area contributed by atoms with Gasteiger partial charge in [-0.05, 0) is 78.0 Å². The Morgan fingerprint density at radius 1 is 0.857 bits per heavy atom. The van der Waals surface area contributed by atoms with Crippen molar-refractivity contribution in [3.8, 4) is 5.75 Å². The predicted octanol–water partition coefficient (Wildman–Crippen LogP) is 6.04. The van der Waals surface area contributed by atoms with Crippen LogP contribution >= 0.6 is 0 Å².